The van der Waals surface area contributed by atoms with Crippen molar-refractivity contribution in [2.75, 3.05) is 0 Å². The van der Waals surface area contributed by atoms with Gasteiger partial charge in [0.25, 0.3) is 0 Å². The molecule has 0 aliphatic rings. The molecule has 0 saturated heterocycles. The van der Waals surface area contributed by atoms with Crippen molar-refractivity contribution < 1.29 is 4.84 Å². The minimum absolute atomic E-state index is 0.464. The van der Waals surface area contributed by atoms with Gasteiger partial charge >= 0.3 is 0 Å². The van der Waals surface area contributed by atoms with Crippen molar-refractivity contribution in [1.29, 1.82) is 0 Å². The van der Waals surface area contributed by atoms with Gasteiger partial charge in [-0.3, -0.25) is 4.98 Å². The maximum absolute atomic E-state index is 4.71. The Labute approximate surface area is 59.3 Å². The summed E-state index contributed by atoms with van der Waals surface area (Å²) < 4.78 is 0. The number of rotatable bonds is 3. The van der Waals surface area contributed by atoms with Crippen LogP contribution in [0.3, 0.4) is 0 Å². The summed E-state index contributed by atoms with van der Waals surface area (Å²) in [4.78, 5) is 8.56. The standard InChI is InChI=1S/C7H8N2O/c1-8-10-6-7-2-4-9-5-3-7/h2-5H,1,6H2. The summed E-state index contributed by atoms with van der Waals surface area (Å²) in [7, 11) is 0. The van der Waals surface area contributed by atoms with Gasteiger partial charge in [0.2, 0.25) is 0 Å². The minimum Gasteiger partial charge on any atom is -0.391 e. The summed E-state index contributed by atoms with van der Waals surface area (Å²) in [5, 5.41) is 3.26. The molecule has 0 saturated carbocycles. The minimum atomic E-state index is 0.464. The van der Waals surface area contributed by atoms with Gasteiger partial charge in [0.1, 0.15) is 6.61 Å². The summed E-state index contributed by atoms with van der Waals surface area (Å²) in [5.74, 6) is 0. The lowest BCUT2D eigenvalue weighted by Gasteiger charge is -1.95. The highest BCUT2D eigenvalue weighted by Gasteiger charge is 1.87. The summed E-state index contributed by atoms with van der Waals surface area (Å²) in [6, 6.07) is 3.73. The van der Waals surface area contributed by atoms with Crippen molar-refractivity contribution >= 4 is 6.72 Å². The Morgan fingerprint density at radius 3 is 2.80 bits per heavy atom. The number of pyridine rings is 1. The predicted molar refractivity (Wildman–Crippen MR) is 38.6 cm³/mol. The van der Waals surface area contributed by atoms with Gasteiger partial charge in [0.15, 0.2) is 0 Å². The molecule has 52 valence electrons. The summed E-state index contributed by atoms with van der Waals surface area (Å²) in [6.07, 6.45) is 3.42. The molecule has 1 aromatic heterocycles. The molecule has 0 spiro atoms. The number of hydrogen-bond donors (Lipinski definition) is 0. The van der Waals surface area contributed by atoms with Crippen molar-refractivity contribution in [2.45, 2.75) is 6.61 Å². The van der Waals surface area contributed by atoms with E-state index >= 15 is 0 Å². The predicted octanol–water partition coefficient (Wildman–Crippen LogP) is 1.21. The zero-order valence-electron chi connectivity index (χ0n) is 5.53. The second kappa shape index (κ2) is 3.61. The zero-order chi connectivity index (χ0) is 7.23. The smallest absolute Gasteiger partial charge is 0.142 e. The Morgan fingerprint density at radius 2 is 2.20 bits per heavy atom. The summed E-state index contributed by atoms with van der Waals surface area (Å²) in [6.45, 7) is 3.65. The average Bonchev–Trinajstić information content (AvgIpc) is 2.03. The molecule has 0 unspecified atom stereocenters. The fraction of sp³-hybridized carbons (Fsp3) is 0.143. The van der Waals surface area contributed by atoms with Crippen molar-refractivity contribution in [3.8, 4) is 0 Å². The van der Waals surface area contributed by atoms with E-state index in [0.29, 0.717) is 6.61 Å². The Balaban J connectivity index is 2.50. The van der Waals surface area contributed by atoms with E-state index in [1.54, 1.807) is 12.4 Å². The fourth-order valence-corrected chi connectivity index (χ4v) is 0.599. The van der Waals surface area contributed by atoms with E-state index < -0.39 is 0 Å². The molecule has 0 aliphatic carbocycles. The molecular weight excluding hydrogens is 128 g/mol. The van der Waals surface area contributed by atoms with Gasteiger partial charge in [-0.2, -0.15) is 0 Å². The first-order valence-electron chi connectivity index (χ1n) is 2.90. The number of aromatic nitrogens is 1. The van der Waals surface area contributed by atoms with Gasteiger partial charge in [0.05, 0.1) is 0 Å². The molecule has 10 heavy (non-hydrogen) atoms. The molecule has 0 amide bonds. The van der Waals surface area contributed by atoms with Crippen LogP contribution in [0.15, 0.2) is 29.7 Å². The highest BCUT2D eigenvalue weighted by molar-refractivity contribution is 5.21. The molecule has 0 aromatic carbocycles. The molecule has 1 rings (SSSR count). The highest BCUT2D eigenvalue weighted by Crippen LogP contribution is 1.97. The molecule has 3 heteroatoms. The molecule has 0 aliphatic heterocycles. The van der Waals surface area contributed by atoms with Crippen LogP contribution in [0.1, 0.15) is 5.56 Å². The van der Waals surface area contributed by atoms with Gasteiger partial charge in [-0.05, 0) is 17.7 Å². The van der Waals surface area contributed by atoms with E-state index in [4.69, 9.17) is 4.84 Å². The third-order valence-electron chi connectivity index (χ3n) is 1.07. The molecule has 0 radical (unpaired) electrons. The molecule has 0 atom stereocenters. The largest absolute Gasteiger partial charge is 0.391 e. The lowest BCUT2D eigenvalue weighted by molar-refractivity contribution is 0.133. The van der Waals surface area contributed by atoms with Crippen molar-refractivity contribution in [1.82, 2.24) is 4.98 Å². The third-order valence-corrected chi connectivity index (χ3v) is 1.07. The quantitative estimate of drug-likeness (QED) is 0.462. The normalized spacial score (nSPS) is 8.80. The SMILES string of the molecule is C=NOCc1ccncc1. The van der Waals surface area contributed by atoms with Crippen LogP contribution in [0.5, 0.6) is 0 Å². The molecule has 1 heterocycles. The van der Waals surface area contributed by atoms with E-state index in [2.05, 4.69) is 16.9 Å². The molecule has 1 aromatic rings. The summed E-state index contributed by atoms with van der Waals surface area (Å²) >= 11 is 0. The highest BCUT2D eigenvalue weighted by atomic mass is 16.6. The Morgan fingerprint density at radius 1 is 1.50 bits per heavy atom. The Bertz CT molecular complexity index is 198. The van der Waals surface area contributed by atoms with Crippen LogP contribution in [0.25, 0.3) is 0 Å². The van der Waals surface area contributed by atoms with E-state index in [0.717, 1.165) is 5.56 Å². The lowest BCUT2D eigenvalue weighted by Crippen LogP contribution is -1.85. The Hall–Kier alpha value is -1.38. The van der Waals surface area contributed by atoms with Crippen molar-refractivity contribution in [3.05, 3.63) is 30.1 Å². The molecule has 3 nitrogen and oxygen atoms in total. The van der Waals surface area contributed by atoms with Crippen molar-refractivity contribution in [3.63, 3.8) is 0 Å². The number of nitrogens with zero attached hydrogens (tertiary/aromatic N) is 2. The van der Waals surface area contributed by atoms with E-state index in [-0.39, 0.29) is 0 Å². The van der Waals surface area contributed by atoms with Gasteiger partial charge in [0, 0.05) is 19.1 Å². The topological polar surface area (TPSA) is 34.5 Å². The molecule has 0 N–H and O–H groups in total. The first kappa shape index (κ1) is 6.74. The van der Waals surface area contributed by atoms with Gasteiger partial charge in [-0.25, -0.2) is 0 Å². The molecule has 0 bridgehead atoms. The van der Waals surface area contributed by atoms with Gasteiger partial charge in [-0.1, -0.05) is 0 Å². The first-order chi connectivity index (χ1) is 4.93. The van der Waals surface area contributed by atoms with E-state index in [1.807, 2.05) is 12.1 Å². The number of oxime groups is 1. The van der Waals surface area contributed by atoms with Crippen LogP contribution >= 0.6 is 0 Å². The van der Waals surface area contributed by atoms with Crippen LogP contribution in [-0.2, 0) is 11.4 Å². The Kier molecular flexibility index (Phi) is 2.43. The second-order valence-electron chi connectivity index (χ2n) is 1.76. The average molecular weight is 136 g/mol. The van der Waals surface area contributed by atoms with Crippen LogP contribution in [0.4, 0.5) is 0 Å². The third kappa shape index (κ3) is 1.85. The number of hydrogen-bond acceptors (Lipinski definition) is 3. The van der Waals surface area contributed by atoms with E-state index in [1.165, 1.54) is 0 Å². The monoisotopic (exact) mass is 136 g/mol. The van der Waals surface area contributed by atoms with Gasteiger partial charge in [-0.15, -0.1) is 5.16 Å². The molecule has 0 fully saturated rings. The zero-order valence-corrected chi connectivity index (χ0v) is 5.53. The van der Waals surface area contributed by atoms with Crippen molar-refractivity contribution in [2.24, 2.45) is 5.16 Å². The summed E-state index contributed by atoms with van der Waals surface area (Å²) in [5.41, 5.74) is 1.04. The lowest BCUT2D eigenvalue weighted by atomic mass is 10.3. The maximum atomic E-state index is 4.71. The van der Waals surface area contributed by atoms with Gasteiger partial charge < -0.3 is 4.84 Å². The van der Waals surface area contributed by atoms with Crippen LogP contribution in [-0.4, -0.2) is 11.7 Å². The molecular formula is C7H8N2O. The van der Waals surface area contributed by atoms with E-state index in [9.17, 15) is 0 Å². The maximum Gasteiger partial charge on any atom is 0.142 e. The first-order valence-corrected chi connectivity index (χ1v) is 2.90. The van der Waals surface area contributed by atoms with Crippen LogP contribution in [0, 0.1) is 0 Å². The second-order valence-corrected chi connectivity index (χ2v) is 1.76. The van der Waals surface area contributed by atoms with Crippen LogP contribution in [0.2, 0.25) is 0 Å². The van der Waals surface area contributed by atoms with Crippen LogP contribution < -0.4 is 0 Å². The fourth-order valence-electron chi connectivity index (χ4n) is 0.599.